The van der Waals surface area contributed by atoms with Crippen LogP contribution < -0.4 is 0 Å². The van der Waals surface area contributed by atoms with Crippen molar-refractivity contribution in [3.05, 3.63) is 54.1 Å². The molecule has 0 aliphatic heterocycles. The molecule has 1 aromatic heterocycles. The lowest BCUT2D eigenvalue weighted by Gasteiger charge is -2.16. The van der Waals surface area contributed by atoms with Crippen molar-refractivity contribution >= 4 is 12.1 Å². The Bertz CT molecular complexity index is 712. The second kappa shape index (κ2) is 9.60. The minimum Gasteiger partial charge on any atom is -0.457 e. The first kappa shape index (κ1) is 19.5. The number of carbonyl (C=O) groups is 2. The molecule has 0 aliphatic carbocycles. The number of carbonyl (C=O) groups excluding carboxylic acids is 2. The van der Waals surface area contributed by atoms with Gasteiger partial charge < -0.3 is 18.8 Å². The van der Waals surface area contributed by atoms with Crippen molar-refractivity contribution in [2.24, 2.45) is 5.92 Å². The first-order chi connectivity index (χ1) is 12.5. The van der Waals surface area contributed by atoms with Crippen LogP contribution in [0.15, 0.2) is 42.9 Å². The highest BCUT2D eigenvalue weighted by Crippen LogP contribution is 2.19. The number of aromatic nitrogens is 2. The van der Waals surface area contributed by atoms with Gasteiger partial charge in [-0.3, -0.25) is 0 Å². The number of rotatable bonds is 8. The summed E-state index contributed by atoms with van der Waals surface area (Å²) in [7, 11) is 0. The van der Waals surface area contributed by atoms with E-state index in [-0.39, 0.29) is 31.8 Å². The number of ether oxygens (including phenoxy) is 3. The number of imidazole rings is 1. The van der Waals surface area contributed by atoms with Gasteiger partial charge in [0, 0.05) is 0 Å². The van der Waals surface area contributed by atoms with Gasteiger partial charge in [0.1, 0.15) is 18.9 Å². The minimum absolute atomic E-state index is 0.0550. The normalized spacial score (nSPS) is 11.8. The number of benzene rings is 1. The number of hydrogen-bond donors (Lipinski definition) is 0. The molecule has 0 aliphatic rings. The summed E-state index contributed by atoms with van der Waals surface area (Å²) in [4.78, 5) is 27.6. The predicted molar refractivity (Wildman–Crippen MR) is 94.9 cm³/mol. The molecule has 7 heteroatoms. The fourth-order valence-corrected chi connectivity index (χ4v) is 2.27. The molecule has 7 nitrogen and oxygen atoms in total. The SMILES string of the molecule is CC(C)COC(=O)OCCOC(=O)c1cncn1C(C)c1ccccc1. The molecule has 0 saturated heterocycles. The van der Waals surface area contributed by atoms with E-state index in [4.69, 9.17) is 14.2 Å². The van der Waals surface area contributed by atoms with Crippen molar-refractivity contribution in [2.45, 2.75) is 26.8 Å². The molecule has 0 fully saturated rings. The maximum Gasteiger partial charge on any atom is 0.508 e. The molecule has 0 amide bonds. The van der Waals surface area contributed by atoms with E-state index in [1.807, 2.05) is 51.1 Å². The van der Waals surface area contributed by atoms with E-state index in [0.29, 0.717) is 5.69 Å². The van der Waals surface area contributed by atoms with Gasteiger partial charge in [-0.1, -0.05) is 44.2 Å². The molecule has 2 rings (SSSR count). The first-order valence-corrected chi connectivity index (χ1v) is 8.52. The average Bonchev–Trinajstić information content (AvgIpc) is 3.13. The van der Waals surface area contributed by atoms with Gasteiger partial charge in [-0.05, 0) is 18.4 Å². The fourth-order valence-electron chi connectivity index (χ4n) is 2.27. The quantitative estimate of drug-likeness (QED) is 0.530. The Kier molecular flexibility index (Phi) is 7.20. The number of nitrogens with zero attached hydrogens (tertiary/aromatic N) is 2. The van der Waals surface area contributed by atoms with E-state index >= 15 is 0 Å². The third-order valence-corrected chi connectivity index (χ3v) is 3.65. The largest absolute Gasteiger partial charge is 0.508 e. The topological polar surface area (TPSA) is 79.7 Å². The highest BCUT2D eigenvalue weighted by molar-refractivity contribution is 5.87. The van der Waals surface area contributed by atoms with E-state index in [9.17, 15) is 9.59 Å². The van der Waals surface area contributed by atoms with Gasteiger partial charge in [-0.25, -0.2) is 14.6 Å². The Hall–Kier alpha value is -2.83. The van der Waals surface area contributed by atoms with Crippen LogP contribution in [0.3, 0.4) is 0 Å². The summed E-state index contributed by atoms with van der Waals surface area (Å²) < 4.78 is 16.6. The summed E-state index contributed by atoms with van der Waals surface area (Å²) in [6.45, 7) is 5.99. The lowest BCUT2D eigenvalue weighted by molar-refractivity contribution is 0.0192. The van der Waals surface area contributed by atoms with Gasteiger partial charge in [0.2, 0.25) is 0 Å². The van der Waals surface area contributed by atoms with Gasteiger partial charge in [0.15, 0.2) is 0 Å². The summed E-state index contributed by atoms with van der Waals surface area (Å²) in [6, 6.07) is 9.72. The molecule has 1 heterocycles. The van der Waals surface area contributed by atoms with E-state index < -0.39 is 12.1 Å². The average molecular weight is 360 g/mol. The maximum absolute atomic E-state index is 12.3. The second-order valence-electron chi connectivity index (χ2n) is 6.21. The predicted octanol–water partition coefficient (Wildman–Crippen LogP) is 3.46. The summed E-state index contributed by atoms with van der Waals surface area (Å²) in [5.74, 6) is -0.295. The molecule has 0 N–H and O–H groups in total. The monoisotopic (exact) mass is 360 g/mol. The molecule has 2 aromatic rings. The smallest absolute Gasteiger partial charge is 0.457 e. The van der Waals surface area contributed by atoms with E-state index in [0.717, 1.165) is 5.56 Å². The van der Waals surface area contributed by atoms with Crippen LogP contribution in [0.25, 0.3) is 0 Å². The van der Waals surface area contributed by atoms with Gasteiger partial charge in [-0.15, -0.1) is 0 Å². The second-order valence-corrected chi connectivity index (χ2v) is 6.21. The zero-order valence-corrected chi connectivity index (χ0v) is 15.3. The molecular formula is C19H24N2O5. The molecule has 0 spiro atoms. The van der Waals surface area contributed by atoms with Crippen LogP contribution in [-0.2, 0) is 14.2 Å². The van der Waals surface area contributed by atoms with Crippen molar-refractivity contribution in [3.63, 3.8) is 0 Å². The number of hydrogen-bond acceptors (Lipinski definition) is 6. The van der Waals surface area contributed by atoms with Gasteiger partial charge in [0.05, 0.1) is 25.2 Å². The van der Waals surface area contributed by atoms with Crippen LogP contribution in [-0.4, -0.2) is 41.5 Å². The lowest BCUT2D eigenvalue weighted by atomic mass is 10.1. The van der Waals surface area contributed by atoms with Crippen molar-refractivity contribution in [2.75, 3.05) is 19.8 Å². The standard InChI is InChI=1S/C19H24N2O5/c1-14(2)12-26-19(23)25-10-9-24-18(22)17-11-20-13-21(17)15(3)16-7-5-4-6-8-16/h4-8,11,13-15H,9-10,12H2,1-3H3. The van der Waals surface area contributed by atoms with Crippen molar-refractivity contribution in [1.82, 2.24) is 9.55 Å². The van der Waals surface area contributed by atoms with Crippen LogP contribution in [0.4, 0.5) is 4.79 Å². The Morgan fingerprint density at radius 2 is 1.73 bits per heavy atom. The Morgan fingerprint density at radius 3 is 2.42 bits per heavy atom. The van der Waals surface area contributed by atoms with Crippen LogP contribution in [0, 0.1) is 5.92 Å². The van der Waals surface area contributed by atoms with Gasteiger partial charge >= 0.3 is 12.1 Å². The van der Waals surface area contributed by atoms with Crippen molar-refractivity contribution < 1.29 is 23.8 Å². The summed E-state index contributed by atoms with van der Waals surface area (Å²) in [5, 5.41) is 0. The Labute approximate surface area is 152 Å². The Morgan fingerprint density at radius 1 is 1.04 bits per heavy atom. The Balaban J connectivity index is 1.84. The third kappa shape index (κ3) is 5.61. The summed E-state index contributed by atoms with van der Waals surface area (Å²) >= 11 is 0. The van der Waals surface area contributed by atoms with Crippen LogP contribution in [0.5, 0.6) is 0 Å². The van der Waals surface area contributed by atoms with Gasteiger partial charge in [0.25, 0.3) is 0 Å². The van der Waals surface area contributed by atoms with Crippen molar-refractivity contribution in [3.8, 4) is 0 Å². The third-order valence-electron chi connectivity index (χ3n) is 3.65. The molecule has 1 unspecified atom stereocenters. The van der Waals surface area contributed by atoms with E-state index in [1.54, 1.807) is 10.9 Å². The van der Waals surface area contributed by atoms with E-state index in [1.165, 1.54) is 6.20 Å². The minimum atomic E-state index is -0.766. The first-order valence-electron chi connectivity index (χ1n) is 8.52. The summed E-state index contributed by atoms with van der Waals surface area (Å²) in [5.41, 5.74) is 1.39. The van der Waals surface area contributed by atoms with E-state index in [2.05, 4.69) is 4.98 Å². The van der Waals surface area contributed by atoms with Gasteiger partial charge in [-0.2, -0.15) is 0 Å². The zero-order chi connectivity index (χ0) is 18.9. The summed E-state index contributed by atoms with van der Waals surface area (Å²) in [6.07, 6.45) is 2.28. The highest BCUT2D eigenvalue weighted by atomic mass is 16.7. The molecule has 26 heavy (non-hydrogen) atoms. The fraction of sp³-hybridized carbons (Fsp3) is 0.421. The van der Waals surface area contributed by atoms with Crippen LogP contribution in [0.2, 0.25) is 0 Å². The highest BCUT2D eigenvalue weighted by Gasteiger charge is 2.18. The molecule has 0 bridgehead atoms. The molecule has 1 atom stereocenters. The lowest BCUT2D eigenvalue weighted by Crippen LogP contribution is -2.19. The maximum atomic E-state index is 12.3. The molecule has 1 aromatic carbocycles. The zero-order valence-electron chi connectivity index (χ0n) is 15.3. The molecule has 140 valence electrons. The molecule has 0 radical (unpaired) electrons. The van der Waals surface area contributed by atoms with Crippen molar-refractivity contribution in [1.29, 1.82) is 0 Å². The molecular weight excluding hydrogens is 336 g/mol. The molecule has 0 saturated carbocycles. The number of esters is 1. The van der Waals surface area contributed by atoms with Crippen LogP contribution >= 0.6 is 0 Å². The van der Waals surface area contributed by atoms with Crippen LogP contribution in [0.1, 0.15) is 42.9 Å².